The van der Waals surface area contributed by atoms with Crippen LogP contribution in [0.1, 0.15) is 40.5 Å². The van der Waals surface area contributed by atoms with Crippen molar-refractivity contribution in [1.29, 1.82) is 0 Å². The van der Waals surface area contributed by atoms with Crippen LogP contribution in [0.3, 0.4) is 0 Å². The molecule has 3 rings (SSSR count). The largest absolute Gasteiger partial charge is 0.462 e. The van der Waals surface area contributed by atoms with E-state index in [4.69, 9.17) is 4.74 Å². The summed E-state index contributed by atoms with van der Waals surface area (Å²) in [5, 5.41) is 2.75. The average Bonchev–Trinajstić information content (AvgIpc) is 2.68. The van der Waals surface area contributed by atoms with Gasteiger partial charge in [-0.15, -0.1) is 0 Å². The summed E-state index contributed by atoms with van der Waals surface area (Å²) in [6.07, 6.45) is 1.45. The second-order valence-corrected chi connectivity index (χ2v) is 8.41. The fraction of sp³-hybridized carbons (Fsp3) is 0.300. The highest BCUT2D eigenvalue weighted by molar-refractivity contribution is 7.92. The lowest BCUT2D eigenvalue weighted by Gasteiger charge is -2.28. The quantitative estimate of drug-likeness (QED) is 0.776. The highest BCUT2D eigenvalue weighted by Gasteiger charge is 2.26. The van der Waals surface area contributed by atoms with Gasteiger partial charge in [0.05, 0.1) is 23.6 Å². The third-order valence-electron chi connectivity index (χ3n) is 4.40. The van der Waals surface area contributed by atoms with Crippen molar-refractivity contribution < 1.29 is 22.7 Å². The fourth-order valence-electron chi connectivity index (χ4n) is 2.99. The molecule has 2 aromatic rings. The highest BCUT2D eigenvalue weighted by Crippen LogP contribution is 2.24. The first-order valence-corrected chi connectivity index (χ1v) is 10.7. The molecule has 7 nitrogen and oxygen atoms in total. The molecular weight excluding hydrogens is 380 g/mol. The zero-order valence-electron chi connectivity index (χ0n) is 15.6. The highest BCUT2D eigenvalue weighted by atomic mass is 32.2. The van der Waals surface area contributed by atoms with E-state index in [2.05, 4.69) is 5.32 Å². The Bertz CT molecular complexity index is 970. The number of esters is 1. The minimum atomic E-state index is -3.34. The Morgan fingerprint density at radius 2 is 1.82 bits per heavy atom. The predicted molar refractivity (Wildman–Crippen MR) is 107 cm³/mol. The molecule has 2 aromatic carbocycles. The van der Waals surface area contributed by atoms with Gasteiger partial charge in [0.1, 0.15) is 0 Å². The van der Waals surface area contributed by atoms with Crippen LogP contribution in [0.4, 0.5) is 11.4 Å². The smallest absolute Gasteiger partial charge is 0.338 e. The number of anilines is 2. The molecule has 1 fully saturated rings. The number of nitrogens with zero attached hydrogens (tertiary/aromatic N) is 1. The lowest BCUT2D eigenvalue weighted by Crippen LogP contribution is -2.37. The number of amides is 1. The van der Waals surface area contributed by atoms with E-state index >= 15 is 0 Å². The number of sulfonamides is 1. The zero-order valence-corrected chi connectivity index (χ0v) is 16.4. The maximum absolute atomic E-state index is 12.6. The Hall–Kier alpha value is -2.87. The van der Waals surface area contributed by atoms with E-state index in [-0.39, 0.29) is 11.7 Å². The first kappa shape index (κ1) is 19.9. The summed E-state index contributed by atoms with van der Waals surface area (Å²) >= 11 is 0. The number of hydrogen-bond donors (Lipinski definition) is 1. The van der Waals surface area contributed by atoms with Gasteiger partial charge < -0.3 is 10.1 Å². The van der Waals surface area contributed by atoms with E-state index < -0.39 is 16.0 Å². The first-order valence-electron chi connectivity index (χ1n) is 9.10. The molecule has 1 heterocycles. The van der Waals surface area contributed by atoms with Gasteiger partial charge in [0.25, 0.3) is 5.91 Å². The summed E-state index contributed by atoms with van der Waals surface area (Å²) in [6.45, 7) is 2.44. The molecule has 148 valence electrons. The molecular formula is C20H22N2O5S. The normalized spacial score (nSPS) is 15.7. The lowest BCUT2D eigenvalue weighted by atomic mass is 10.1. The number of hydrogen-bond acceptors (Lipinski definition) is 5. The van der Waals surface area contributed by atoms with Crippen LogP contribution in [-0.2, 0) is 14.8 Å². The molecule has 1 N–H and O–H groups in total. The molecule has 0 atom stereocenters. The third kappa shape index (κ3) is 4.51. The molecule has 0 radical (unpaired) electrons. The minimum absolute atomic E-state index is 0.121. The second-order valence-electron chi connectivity index (χ2n) is 6.40. The SMILES string of the molecule is CCOC(=O)c1ccc(NC(=O)c2cccc(N3CCCCS3(=O)=O)c2)cc1. The summed E-state index contributed by atoms with van der Waals surface area (Å²) in [7, 11) is -3.34. The number of ether oxygens (including phenoxy) is 1. The van der Waals surface area contributed by atoms with Crippen LogP contribution in [0.2, 0.25) is 0 Å². The van der Waals surface area contributed by atoms with Crippen LogP contribution >= 0.6 is 0 Å². The van der Waals surface area contributed by atoms with Crippen molar-refractivity contribution in [3.05, 3.63) is 59.7 Å². The number of carbonyl (C=O) groups is 2. The molecule has 0 saturated carbocycles. The van der Waals surface area contributed by atoms with E-state index in [0.29, 0.717) is 42.1 Å². The van der Waals surface area contributed by atoms with Crippen LogP contribution in [0.5, 0.6) is 0 Å². The molecule has 0 spiro atoms. The van der Waals surface area contributed by atoms with Crippen LogP contribution in [0.25, 0.3) is 0 Å². The Morgan fingerprint density at radius 1 is 1.07 bits per heavy atom. The van der Waals surface area contributed by atoms with Crippen molar-refractivity contribution in [2.45, 2.75) is 19.8 Å². The van der Waals surface area contributed by atoms with Gasteiger partial charge in [-0.1, -0.05) is 6.07 Å². The third-order valence-corrected chi connectivity index (χ3v) is 6.27. The summed E-state index contributed by atoms with van der Waals surface area (Å²) in [4.78, 5) is 24.2. The van der Waals surface area contributed by atoms with Gasteiger partial charge in [0.15, 0.2) is 0 Å². The maximum atomic E-state index is 12.6. The van der Waals surface area contributed by atoms with E-state index in [1.54, 1.807) is 55.5 Å². The topological polar surface area (TPSA) is 92.8 Å². The van der Waals surface area contributed by atoms with E-state index in [1.807, 2.05) is 0 Å². The lowest BCUT2D eigenvalue weighted by molar-refractivity contribution is 0.0526. The van der Waals surface area contributed by atoms with Gasteiger partial charge in [0.2, 0.25) is 10.0 Å². The van der Waals surface area contributed by atoms with Crippen LogP contribution in [0.15, 0.2) is 48.5 Å². The van der Waals surface area contributed by atoms with Crippen molar-refractivity contribution in [2.75, 3.05) is 28.5 Å². The van der Waals surface area contributed by atoms with Crippen molar-refractivity contribution in [3.63, 3.8) is 0 Å². The Kier molecular flexibility index (Phi) is 5.99. The Morgan fingerprint density at radius 3 is 2.50 bits per heavy atom. The number of rotatable bonds is 5. The van der Waals surface area contributed by atoms with Gasteiger partial charge in [-0.2, -0.15) is 0 Å². The van der Waals surface area contributed by atoms with Crippen molar-refractivity contribution in [3.8, 4) is 0 Å². The predicted octanol–water partition coefficient (Wildman–Crippen LogP) is 3.05. The molecule has 1 saturated heterocycles. The van der Waals surface area contributed by atoms with Gasteiger partial charge in [-0.25, -0.2) is 13.2 Å². The second kappa shape index (κ2) is 8.43. The van der Waals surface area contributed by atoms with Crippen molar-refractivity contribution >= 4 is 33.3 Å². The molecule has 0 aromatic heterocycles. The van der Waals surface area contributed by atoms with Gasteiger partial charge in [0, 0.05) is 17.8 Å². The van der Waals surface area contributed by atoms with Crippen molar-refractivity contribution in [2.24, 2.45) is 0 Å². The summed E-state index contributed by atoms with van der Waals surface area (Å²) in [5.74, 6) is -0.660. The maximum Gasteiger partial charge on any atom is 0.338 e. The molecule has 8 heteroatoms. The molecule has 1 aliphatic heterocycles. The molecule has 0 unspecified atom stereocenters. The molecule has 28 heavy (non-hydrogen) atoms. The summed E-state index contributed by atoms with van der Waals surface area (Å²) < 4.78 is 30.8. The van der Waals surface area contributed by atoms with Crippen LogP contribution < -0.4 is 9.62 Å². The van der Waals surface area contributed by atoms with Gasteiger partial charge in [-0.05, 0) is 62.2 Å². The number of nitrogens with one attached hydrogen (secondary N) is 1. The van der Waals surface area contributed by atoms with E-state index in [9.17, 15) is 18.0 Å². The van der Waals surface area contributed by atoms with Gasteiger partial charge >= 0.3 is 5.97 Å². The van der Waals surface area contributed by atoms with E-state index in [0.717, 1.165) is 6.42 Å². The Balaban J connectivity index is 1.74. The Labute approximate surface area is 164 Å². The molecule has 0 aliphatic carbocycles. The van der Waals surface area contributed by atoms with E-state index in [1.165, 1.54) is 4.31 Å². The molecule has 1 aliphatic rings. The first-order chi connectivity index (χ1) is 13.4. The summed E-state index contributed by atoms with van der Waals surface area (Å²) in [5.41, 5.74) is 1.77. The fourth-order valence-corrected chi connectivity index (χ4v) is 4.62. The minimum Gasteiger partial charge on any atom is -0.462 e. The number of carbonyl (C=O) groups excluding carboxylic acids is 2. The van der Waals surface area contributed by atoms with Crippen LogP contribution in [-0.4, -0.2) is 39.2 Å². The average molecular weight is 402 g/mol. The molecule has 1 amide bonds. The van der Waals surface area contributed by atoms with Crippen molar-refractivity contribution in [1.82, 2.24) is 0 Å². The summed E-state index contributed by atoms with van der Waals surface area (Å²) in [6, 6.07) is 12.9. The van der Waals surface area contributed by atoms with Crippen LogP contribution in [0, 0.1) is 0 Å². The van der Waals surface area contributed by atoms with Gasteiger partial charge in [-0.3, -0.25) is 9.10 Å². The number of benzene rings is 2. The standard InChI is InChI=1S/C20H22N2O5S/c1-2-27-20(24)15-8-10-17(11-9-15)21-19(23)16-6-5-7-18(14-16)22-12-3-4-13-28(22,25)26/h5-11,14H,2-4,12-13H2,1H3,(H,21,23). The zero-order chi connectivity index (χ0) is 20.1. The molecule has 0 bridgehead atoms. The monoisotopic (exact) mass is 402 g/mol.